The normalized spacial score (nSPS) is 18.4. The van der Waals surface area contributed by atoms with Gasteiger partial charge in [-0.05, 0) is 60.7 Å². The molecular weight excluding hydrogens is 422 g/mol. The van der Waals surface area contributed by atoms with E-state index >= 15 is 0 Å². The highest BCUT2D eigenvalue weighted by Crippen LogP contribution is 2.50. The quantitative estimate of drug-likeness (QED) is 0.506. The molecule has 1 unspecified atom stereocenters. The van der Waals surface area contributed by atoms with E-state index in [9.17, 15) is 31.4 Å². The van der Waals surface area contributed by atoms with Gasteiger partial charge in [0.25, 0.3) is 5.60 Å². The van der Waals surface area contributed by atoms with E-state index in [0.717, 1.165) is 21.9 Å². The lowest BCUT2D eigenvalue weighted by molar-refractivity contribution is -0.399. The van der Waals surface area contributed by atoms with Crippen molar-refractivity contribution in [2.24, 2.45) is 0 Å². The second-order valence-electron chi connectivity index (χ2n) is 8.28. The third-order valence-corrected chi connectivity index (χ3v) is 6.13. The maximum absolute atomic E-state index is 13.3. The molecule has 0 spiro atoms. The van der Waals surface area contributed by atoms with Crippen LogP contribution in [0.3, 0.4) is 0 Å². The molecule has 1 fully saturated rings. The number of aliphatic hydroxyl groups is 1. The summed E-state index contributed by atoms with van der Waals surface area (Å²) in [6, 6.07) is 10.8. The van der Waals surface area contributed by atoms with Crippen molar-refractivity contribution in [1.29, 1.82) is 0 Å². The molecule has 2 nitrogen and oxygen atoms in total. The monoisotopic (exact) mass is 446 g/mol. The SMILES string of the molecule is C=C(C)c1ccc2ccc(C3(OC(C)C(O)(C(F)(F)F)C(F)(F)F)CCCC3)cc2c1. The standard InChI is InChI=1S/C23H24F6O2/c1-14(2)17-7-6-16-8-9-19(13-18(16)12-17)20(10-4-5-11-20)31-15(3)21(30,22(24,25)26)23(27,28)29/h6-9,12-13,15,30H,1,4-5,10-11H2,2-3H3. The lowest BCUT2D eigenvalue weighted by Gasteiger charge is -2.42. The summed E-state index contributed by atoms with van der Waals surface area (Å²) in [6.45, 7) is 6.36. The fourth-order valence-electron chi connectivity index (χ4n) is 4.26. The van der Waals surface area contributed by atoms with Crippen molar-refractivity contribution < 1.29 is 36.2 Å². The Balaban J connectivity index is 2.05. The highest BCUT2D eigenvalue weighted by atomic mass is 19.4. The highest BCUT2D eigenvalue weighted by molar-refractivity contribution is 5.86. The van der Waals surface area contributed by atoms with Gasteiger partial charge in [0.15, 0.2) is 0 Å². The minimum absolute atomic E-state index is 0.259. The molecule has 0 bridgehead atoms. The van der Waals surface area contributed by atoms with Crippen LogP contribution >= 0.6 is 0 Å². The molecule has 1 saturated carbocycles. The van der Waals surface area contributed by atoms with Crippen molar-refractivity contribution in [2.45, 2.75) is 69.2 Å². The fraction of sp³-hybridized carbons (Fsp3) is 0.478. The number of hydrogen-bond acceptors (Lipinski definition) is 2. The van der Waals surface area contributed by atoms with Crippen molar-refractivity contribution in [3.63, 3.8) is 0 Å². The predicted octanol–water partition coefficient (Wildman–Crippen LogP) is 6.90. The molecule has 3 rings (SSSR count). The summed E-state index contributed by atoms with van der Waals surface area (Å²) in [5.41, 5.74) is -4.12. The summed E-state index contributed by atoms with van der Waals surface area (Å²) in [6.07, 6.45) is -12.7. The lowest BCUT2D eigenvalue weighted by atomic mass is 9.88. The van der Waals surface area contributed by atoms with E-state index < -0.39 is 29.7 Å². The van der Waals surface area contributed by atoms with Crippen LogP contribution in [0.2, 0.25) is 0 Å². The van der Waals surface area contributed by atoms with Crippen LogP contribution in [0.4, 0.5) is 26.3 Å². The average Bonchev–Trinajstić information content (AvgIpc) is 3.14. The summed E-state index contributed by atoms with van der Waals surface area (Å²) in [5.74, 6) is 0. The van der Waals surface area contributed by atoms with Gasteiger partial charge < -0.3 is 9.84 Å². The van der Waals surface area contributed by atoms with Crippen LogP contribution in [0.25, 0.3) is 16.3 Å². The third-order valence-electron chi connectivity index (χ3n) is 6.13. The van der Waals surface area contributed by atoms with Crippen molar-refractivity contribution >= 4 is 16.3 Å². The van der Waals surface area contributed by atoms with Crippen molar-refractivity contribution in [3.05, 3.63) is 54.1 Å². The lowest BCUT2D eigenvalue weighted by Crippen LogP contribution is -2.65. The Bertz CT molecular complexity index is 956. The van der Waals surface area contributed by atoms with Gasteiger partial charge in [0, 0.05) is 0 Å². The molecule has 0 amide bonds. The Hall–Kier alpha value is -2.06. The van der Waals surface area contributed by atoms with Crippen molar-refractivity contribution in [2.75, 3.05) is 0 Å². The number of alkyl halides is 6. The largest absolute Gasteiger partial charge is 0.428 e. The Morgan fingerprint density at radius 3 is 2.03 bits per heavy atom. The van der Waals surface area contributed by atoms with Gasteiger partial charge in [-0.15, -0.1) is 0 Å². The summed E-state index contributed by atoms with van der Waals surface area (Å²) in [7, 11) is 0. The van der Waals surface area contributed by atoms with Gasteiger partial charge in [0.1, 0.15) is 6.10 Å². The molecule has 1 N–H and O–H groups in total. The van der Waals surface area contributed by atoms with Gasteiger partial charge in [-0.25, -0.2) is 0 Å². The Labute approximate surface area is 176 Å². The van der Waals surface area contributed by atoms with Gasteiger partial charge >= 0.3 is 12.4 Å². The molecule has 1 atom stereocenters. The molecule has 1 aliphatic rings. The number of halogens is 6. The maximum Gasteiger partial charge on any atom is 0.428 e. The number of ether oxygens (including phenoxy) is 1. The molecule has 0 aromatic heterocycles. The van der Waals surface area contributed by atoms with Gasteiger partial charge in [-0.1, -0.05) is 49.3 Å². The molecule has 0 saturated heterocycles. The minimum Gasteiger partial charge on any atom is -0.372 e. The van der Waals surface area contributed by atoms with E-state index in [2.05, 4.69) is 6.58 Å². The number of hydrogen-bond donors (Lipinski definition) is 1. The number of rotatable bonds is 5. The zero-order chi connectivity index (χ0) is 23.2. The van der Waals surface area contributed by atoms with E-state index in [1.807, 2.05) is 25.1 Å². The fourth-order valence-corrected chi connectivity index (χ4v) is 4.26. The Kier molecular flexibility index (Phi) is 5.95. The van der Waals surface area contributed by atoms with E-state index in [-0.39, 0.29) is 12.8 Å². The van der Waals surface area contributed by atoms with Crippen LogP contribution < -0.4 is 0 Å². The minimum atomic E-state index is -5.94. The van der Waals surface area contributed by atoms with E-state index in [1.165, 1.54) is 0 Å². The molecule has 0 heterocycles. The van der Waals surface area contributed by atoms with Crippen LogP contribution in [0, 0.1) is 0 Å². The van der Waals surface area contributed by atoms with Crippen LogP contribution in [0.1, 0.15) is 50.7 Å². The van der Waals surface area contributed by atoms with Gasteiger partial charge in [0.05, 0.1) is 5.60 Å². The number of benzene rings is 2. The van der Waals surface area contributed by atoms with Crippen molar-refractivity contribution in [1.82, 2.24) is 0 Å². The van der Waals surface area contributed by atoms with Gasteiger partial charge in [0.2, 0.25) is 0 Å². The summed E-state index contributed by atoms with van der Waals surface area (Å²) in [4.78, 5) is 0. The first-order valence-corrected chi connectivity index (χ1v) is 9.95. The maximum atomic E-state index is 13.3. The zero-order valence-electron chi connectivity index (χ0n) is 17.2. The smallest absolute Gasteiger partial charge is 0.372 e. The molecule has 1 aliphatic carbocycles. The number of fused-ring (bicyclic) bond motifs is 1. The topological polar surface area (TPSA) is 29.5 Å². The molecule has 8 heteroatoms. The predicted molar refractivity (Wildman–Crippen MR) is 106 cm³/mol. The van der Waals surface area contributed by atoms with Crippen LogP contribution in [0.5, 0.6) is 0 Å². The summed E-state index contributed by atoms with van der Waals surface area (Å²) in [5, 5.41) is 11.4. The van der Waals surface area contributed by atoms with Crippen molar-refractivity contribution in [3.8, 4) is 0 Å². The Morgan fingerprint density at radius 2 is 1.52 bits per heavy atom. The van der Waals surface area contributed by atoms with E-state index in [1.54, 1.807) is 18.2 Å². The highest BCUT2D eigenvalue weighted by Gasteiger charge is 2.74. The first-order chi connectivity index (χ1) is 14.2. The van der Waals surface area contributed by atoms with E-state index in [4.69, 9.17) is 4.74 Å². The van der Waals surface area contributed by atoms with Crippen LogP contribution in [0.15, 0.2) is 43.0 Å². The first-order valence-electron chi connectivity index (χ1n) is 9.95. The van der Waals surface area contributed by atoms with Crippen LogP contribution in [-0.2, 0) is 10.3 Å². The first kappa shape index (κ1) is 23.6. The average molecular weight is 446 g/mol. The molecule has 2 aromatic rings. The van der Waals surface area contributed by atoms with Gasteiger partial charge in [-0.3, -0.25) is 0 Å². The van der Waals surface area contributed by atoms with Crippen LogP contribution in [-0.4, -0.2) is 29.2 Å². The molecule has 170 valence electrons. The molecule has 0 radical (unpaired) electrons. The van der Waals surface area contributed by atoms with Gasteiger partial charge in [-0.2, -0.15) is 26.3 Å². The molecular formula is C23H24F6O2. The molecule has 0 aliphatic heterocycles. The zero-order valence-corrected chi connectivity index (χ0v) is 17.2. The molecule has 31 heavy (non-hydrogen) atoms. The molecule has 2 aromatic carbocycles. The Morgan fingerprint density at radius 1 is 0.968 bits per heavy atom. The third kappa shape index (κ3) is 4.07. The number of allylic oxidation sites excluding steroid dienone is 1. The second kappa shape index (κ2) is 7.81. The van der Waals surface area contributed by atoms with E-state index in [0.29, 0.717) is 25.3 Å². The second-order valence-corrected chi connectivity index (χ2v) is 8.28. The summed E-state index contributed by atoms with van der Waals surface area (Å²) < 4.78 is 85.5. The summed E-state index contributed by atoms with van der Waals surface area (Å²) >= 11 is 0.